The fraction of sp³-hybridized carbons (Fsp3) is 0.400. The minimum Gasteiger partial charge on any atom is -0.454 e. The van der Waals surface area contributed by atoms with E-state index in [9.17, 15) is 0 Å². The first-order valence-electron chi connectivity index (χ1n) is 8.49. The molecule has 118 valence electrons. The molecule has 23 heavy (non-hydrogen) atoms. The van der Waals surface area contributed by atoms with Crippen molar-refractivity contribution in [1.29, 1.82) is 0 Å². The zero-order valence-electron chi connectivity index (χ0n) is 13.0. The van der Waals surface area contributed by atoms with Crippen LogP contribution in [0.2, 0.25) is 0 Å². The number of hydrogen-bond donors (Lipinski definition) is 0. The number of rotatable bonds is 1. The molecule has 2 heterocycles. The van der Waals surface area contributed by atoms with Gasteiger partial charge in [0.1, 0.15) is 0 Å². The van der Waals surface area contributed by atoms with E-state index < -0.39 is 0 Å². The van der Waals surface area contributed by atoms with Crippen LogP contribution in [0, 0.1) is 5.92 Å². The number of aryl methyl sites for hydroxylation is 1. The molecule has 5 rings (SSSR count). The fourth-order valence-corrected chi connectivity index (χ4v) is 4.49. The van der Waals surface area contributed by atoms with Crippen molar-refractivity contribution >= 4 is 0 Å². The van der Waals surface area contributed by atoms with Gasteiger partial charge in [0.05, 0.1) is 6.10 Å². The molecule has 3 aliphatic rings. The molecule has 2 aromatic rings. The smallest absolute Gasteiger partial charge is 0.231 e. The predicted octanol–water partition coefficient (Wildman–Crippen LogP) is 4.22. The number of ether oxygens (including phenoxy) is 3. The lowest BCUT2D eigenvalue weighted by molar-refractivity contribution is -0.0460. The Morgan fingerprint density at radius 1 is 0.913 bits per heavy atom. The molecule has 0 unspecified atom stereocenters. The van der Waals surface area contributed by atoms with E-state index in [2.05, 4.69) is 36.4 Å². The van der Waals surface area contributed by atoms with E-state index in [1.54, 1.807) is 0 Å². The summed E-state index contributed by atoms with van der Waals surface area (Å²) in [5.74, 6) is 2.86. The van der Waals surface area contributed by atoms with Crippen LogP contribution in [0.1, 0.15) is 41.6 Å². The summed E-state index contributed by atoms with van der Waals surface area (Å²) in [6, 6.07) is 15.2. The summed E-state index contributed by atoms with van der Waals surface area (Å²) in [5, 5.41) is 0. The van der Waals surface area contributed by atoms with Crippen LogP contribution < -0.4 is 9.47 Å². The molecule has 0 bridgehead atoms. The molecule has 2 aromatic carbocycles. The van der Waals surface area contributed by atoms with Crippen molar-refractivity contribution in [3.8, 4) is 11.5 Å². The zero-order chi connectivity index (χ0) is 15.2. The molecule has 3 atom stereocenters. The van der Waals surface area contributed by atoms with E-state index in [-0.39, 0.29) is 6.10 Å². The van der Waals surface area contributed by atoms with Crippen molar-refractivity contribution in [2.24, 2.45) is 5.92 Å². The van der Waals surface area contributed by atoms with Gasteiger partial charge in [-0.1, -0.05) is 30.3 Å². The summed E-state index contributed by atoms with van der Waals surface area (Å²) in [6.07, 6.45) is 3.64. The lowest BCUT2D eigenvalue weighted by Gasteiger charge is -2.42. The monoisotopic (exact) mass is 308 g/mol. The lowest BCUT2D eigenvalue weighted by Crippen LogP contribution is -2.33. The first-order valence-corrected chi connectivity index (χ1v) is 8.49. The van der Waals surface area contributed by atoms with Gasteiger partial charge in [-0.15, -0.1) is 0 Å². The van der Waals surface area contributed by atoms with E-state index in [0.29, 0.717) is 18.6 Å². The Labute approximate surface area is 136 Å². The molecular weight excluding hydrogens is 288 g/mol. The third-order valence-corrected chi connectivity index (χ3v) is 5.56. The van der Waals surface area contributed by atoms with Crippen LogP contribution >= 0.6 is 0 Å². The molecule has 0 radical (unpaired) electrons. The van der Waals surface area contributed by atoms with E-state index in [1.807, 2.05) is 6.07 Å². The highest BCUT2D eigenvalue weighted by Gasteiger charge is 2.39. The van der Waals surface area contributed by atoms with Crippen LogP contribution in [0.15, 0.2) is 42.5 Å². The number of hydrogen-bond acceptors (Lipinski definition) is 3. The Balaban J connectivity index is 1.50. The average molecular weight is 308 g/mol. The normalized spacial score (nSPS) is 28.1. The Hall–Kier alpha value is -2.00. The molecule has 0 spiro atoms. The summed E-state index contributed by atoms with van der Waals surface area (Å²) < 4.78 is 17.2. The summed E-state index contributed by atoms with van der Waals surface area (Å²) in [6.45, 7) is 1.15. The van der Waals surface area contributed by atoms with Crippen molar-refractivity contribution in [2.45, 2.75) is 31.3 Å². The second kappa shape index (κ2) is 5.27. The van der Waals surface area contributed by atoms with Gasteiger partial charge in [-0.3, -0.25) is 0 Å². The Bertz CT molecular complexity index is 739. The van der Waals surface area contributed by atoms with Gasteiger partial charge in [-0.2, -0.15) is 0 Å². The Morgan fingerprint density at radius 3 is 2.83 bits per heavy atom. The maximum atomic E-state index is 6.21. The first kappa shape index (κ1) is 13.4. The Kier molecular flexibility index (Phi) is 3.08. The minimum absolute atomic E-state index is 0.164. The first-order chi connectivity index (χ1) is 11.4. The summed E-state index contributed by atoms with van der Waals surface area (Å²) in [7, 11) is 0. The van der Waals surface area contributed by atoms with Gasteiger partial charge in [0.25, 0.3) is 0 Å². The largest absolute Gasteiger partial charge is 0.454 e. The molecule has 1 fully saturated rings. The van der Waals surface area contributed by atoms with Crippen molar-refractivity contribution in [3.05, 3.63) is 59.2 Å². The summed E-state index contributed by atoms with van der Waals surface area (Å²) in [5.41, 5.74) is 4.29. The highest BCUT2D eigenvalue weighted by Crippen LogP contribution is 2.49. The Morgan fingerprint density at radius 2 is 1.83 bits per heavy atom. The lowest BCUT2D eigenvalue weighted by atomic mass is 9.69. The quantitative estimate of drug-likeness (QED) is 0.789. The van der Waals surface area contributed by atoms with E-state index in [1.165, 1.54) is 23.1 Å². The predicted molar refractivity (Wildman–Crippen MR) is 86.9 cm³/mol. The van der Waals surface area contributed by atoms with Crippen LogP contribution in [-0.2, 0) is 11.2 Å². The van der Waals surface area contributed by atoms with Gasteiger partial charge >= 0.3 is 0 Å². The van der Waals surface area contributed by atoms with Gasteiger partial charge < -0.3 is 14.2 Å². The maximum Gasteiger partial charge on any atom is 0.231 e. The second-order valence-electron chi connectivity index (χ2n) is 6.70. The summed E-state index contributed by atoms with van der Waals surface area (Å²) in [4.78, 5) is 0. The average Bonchev–Trinajstić information content (AvgIpc) is 3.08. The van der Waals surface area contributed by atoms with Crippen LogP contribution in [0.25, 0.3) is 0 Å². The third kappa shape index (κ3) is 2.14. The molecule has 0 N–H and O–H groups in total. The molecule has 0 aromatic heterocycles. The van der Waals surface area contributed by atoms with Crippen molar-refractivity contribution < 1.29 is 14.2 Å². The van der Waals surface area contributed by atoms with Crippen LogP contribution in [0.4, 0.5) is 0 Å². The highest BCUT2D eigenvalue weighted by atomic mass is 16.7. The van der Waals surface area contributed by atoms with Crippen molar-refractivity contribution in [3.63, 3.8) is 0 Å². The van der Waals surface area contributed by atoms with Gasteiger partial charge in [0.15, 0.2) is 11.5 Å². The molecule has 3 heteroatoms. The number of benzene rings is 2. The topological polar surface area (TPSA) is 27.7 Å². The van der Waals surface area contributed by atoms with Crippen molar-refractivity contribution in [1.82, 2.24) is 0 Å². The molecule has 0 amide bonds. The minimum atomic E-state index is 0.164. The van der Waals surface area contributed by atoms with Crippen LogP contribution in [0.5, 0.6) is 11.5 Å². The van der Waals surface area contributed by atoms with Crippen LogP contribution in [-0.4, -0.2) is 13.4 Å². The molecule has 0 saturated carbocycles. The molecule has 3 nitrogen and oxygen atoms in total. The van der Waals surface area contributed by atoms with Gasteiger partial charge in [0.2, 0.25) is 6.79 Å². The SMILES string of the molecule is c1ccc2c(c1)CC[C@@H]1[C@@H]2CCO[C@H]1c1ccc2c(c1)OCO2. The highest BCUT2D eigenvalue weighted by molar-refractivity contribution is 5.45. The maximum absolute atomic E-state index is 6.21. The molecule has 2 aliphatic heterocycles. The van der Waals surface area contributed by atoms with E-state index in [4.69, 9.17) is 14.2 Å². The zero-order valence-corrected chi connectivity index (χ0v) is 13.0. The van der Waals surface area contributed by atoms with Gasteiger partial charge in [-0.25, -0.2) is 0 Å². The second-order valence-corrected chi connectivity index (χ2v) is 6.70. The summed E-state index contributed by atoms with van der Waals surface area (Å²) >= 11 is 0. The standard InChI is InChI=1S/C20H20O3/c1-2-4-15-13(3-1)5-7-17-16(15)9-10-21-20(17)14-6-8-18-19(11-14)23-12-22-18/h1-4,6,8,11,16-17,20H,5,7,9-10,12H2/t16-,17-,20+/m1/s1. The number of fused-ring (bicyclic) bond motifs is 4. The molecule has 1 saturated heterocycles. The van der Waals surface area contributed by atoms with Gasteiger partial charge in [-0.05, 0) is 59.9 Å². The fourth-order valence-electron chi connectivity index (χ4n) is 4.49. The van der Waals surface area contributed by atoms with Crippen LogP contribution in [0.3, 0.4) is 0 Å². The van der Waals surface area contributed by atoms with E-state index in [0.717, 1.165) is 30.9 Å². The third-order valence-electron chi connectivity index (χ3n) is 5.56. The van der Waals surface area contributed by atoms with Gasteiger partial charge in [0, 0.05) is 6.61 Å². The van der Waals surface area contributed by atoms with E-state index >= 15 is 0 Å². The van der Waals surface area contributed by atoms with Crippen molar-refractivity contribution in [2.75, 3.05) is 13.4 Å². The molecule has 1 aliphatic carbocycles. The molecular formula is C20H20O3.